The molecule has 12 rings (SSSR count). The Kier molecular flexibility index (Phi) is 10.1. The number of fused-ring (bicyclic) bond motifs is 6. The fraction of sp³-hybridized carbons (Fsp3) is 0.0476. The van der Waals surface area contributed by atoms with E-state index in [0.29, 0.717) is 0 Å². The quantitative estimate of drug-likeness (QED) is 0.0997. The largest absolute Gasteiger partial charge is 0.310 e. The summed E-state index contributed by atoms with van der Waals surface area (Å²) in [5.74, 6) is 0. The Morgan fingerprint density at radius 3 is 1.45 bits per heavy atom. The maximum absolute atomic E-state index is 2.98. The molecule has 0 N–H and O–H groups in total. The molecule has 11 aromatic rings. The number of benzene rings is 10. The van der Waals surface area contributed by atoms with Gasteiger partial charge in [0.2, 0.25) is 0 Å². The van der Waals surface area contributed by atoms with Crippen LogP contribution < -0.4 is 30.5 Å². The van der Waals surface area contributed by atoms with E-state index in [4.69, 9.17) is 0 Å². The Hall–Kier alpha value is -7.76. The van der Waals surface area contributed by atoms with Crippen molar-refractivity contribution in [3.8, 4) is 11.1 Å². The van der Waals surface area contributed by atoms with E-state index in [-0.39, 0.29) is 5.41 Å². The highest BCUT2D eigenvalue weighted by Crippen LogP contribution is 2.50. The molecule has 0 aliphatic heterocycles. The normalized spacial score (nSPS) is 12.7. The third-order valence-electron chi connectivity index (χ3n) is 14.0. The van der Waals surface area contributed by atoms with Crippen LogP contribution in [0.2, 0.25) is 0 Å². The fourth-order valence-corrected chi connectivity index (χ4v) is 16.7. The fourth-order valence-electron chi connectivity index (χ4n) is 10.8. The lowest BCUT2D eigenvalue weighted by Gasteiger charge is -2.36. The molecule has 67 heavy (non-hydrogen) atoms. The minimum atomic E-state index is -2.98. The van der Waals surface area contributed by atoms with Gasteiger partial charge in [0.25, 0.3) is 0 Å². The average Bonchev–Trinajstić information content (AvgIpc) is 3.87. The van der Waals surface area contributed by atoms with Crippen LogP contribution in [0.15, 0.2) is 255 Å². The van der Waals surface area contributed by atoms with E-state index in [0.717, 1.165) is 34.1 Å². The number of rotatable bonds is 10. The van der Waals surface area contributed by atoms with Gasteiger partial charge >= 0.3 is 0 Å². The second kappa shape index (κ2) is 16.6. The Balaban J connectivity index is 1.04. The second-order valence-electron chi connectivity index (χ2n) is 18.1. The molecule has 0 spiro atoms. The molecular weight excluding hydrogens is 845 g/mol. The monoisotopic (exact) mass is 892 g/mol. The van der Waals surface area contributed by atoms with Crippen molar-refractivity contribution in [1.82, 2.24) is 0 Å². The van der Waals surface area contributed by atoms with E-state index >= 15 is 0 Å². The van der Waals surface area contributed by atoms with Crippen LogP contribution in [-0.4, -0.2) is 8.07 Å². The van der Waals surface area contributed by atoms with E-state index in [1.807, 2.05) is 11.3 Å². The molecule has 0 atom stereocenters. The van der Waals surface area contributed by atoms with Crippen LogP contribution in [0.5, 0.6) is 0 Å². The Bertz CT molecular complexity index is 3510. The van der Waals surface area contributed by atoms with Crippen LogP contribution in [0, 0.1) is 0 Å². The summed E-state index contributed by atoms with van der Waals surface area (Å²) in [5.41, 5.74) is 12.0. The lowest BCUT2D eigenvalue weighted by atomic mass is 9.82. The van der Waals surface area contributed by atoms with Gasteiger partial charge in [-0.1, -0.05) is 184 Å². The highest BCUT2D eigenvalue weighted by Gasteiger charge is 2.42. The van der Waals surface area contributed by atoms with Crippen molar-refractivity contribution in [2.75, 3.05) is 9.80 Å². The Morgan fingerprint density at radius 1 is 0.313 bits per heavy atom. The van der Waals surface area contributed by atoms with E-state index in [2.05, 4.69) is 278 Å². The third kappa shape index (κ3) is 6.83. The molecule has 1 aromatic heterocycles. The molecule has 10 aromatic carbocycles. The smallest absolute Gasteiger partial charge is 0.179 e. The Labute approximate surface area is 398 Å². The molecule has 2 nitrogen and oxygen atoms in total. The maximum Gasteiger partial charge on any atom is 0.179 e. The number of nitrogens with zero attached hydrogens (tertiary/aromatic N) is 2. The topological polar surface area (TPSA) is 6.48 Å². The van der Waals surface area contributed by atoms with Gasteiger partial charge in [-0.3, -0.25) is 0 Å². The number of anilines is 6. The molecular formula is C63H48N2SSi. The Morgan fingerprint density at radius 2 is 0.761 bits per heavy atom. The summed E-state index contributed by atoms with van der Waals surface area (Å²) in [6.07, 6.45) is 0. The van der Waals surface area contributed by atoms with Crippen LogP contribution in [0.25, 0.3) is 31.3 Å². The summed E-state index contributed by atoms with van der Waals surface area (Å²) in [6, 6.07) is 94.8. The van der Waals surface area contributed by atoms with Gasteiger partial charge in [-0.25, -0.2) is 0 Å². The van der Waals surface area contributed by atoms with Gasteiger partial charge in [-0.05, 0) is 128 Å². The molecule has 0 saturated heterocycles. The van der Waals surface area contributed by atoms with Gasteiger partial charge in [0.1, 0.15) is 0 Å². The van der Waals surface area contributed by atoms with Crippen LogP contribution >= 0.6 is 11.3 Å². The zero-order valence-corrected chi connectivity index (χ0v) is 39.4. The lowest BCUT2D eigenvalue weighted by molar-refractivity contribution is 0.660. The predicted molar refractivity (Wildman–Crippen MR) is 290 cm³/mol. The summed E-state index contributed by atoms with van der Waals surface area (Å²) in [4.78, 5) is 4.85. The zero-order chi connectivity index (χ0) is 45.0. The van der Waals surface area contributed by atoms with Gasteiger partial charge in [0.15, 0.2) is 8.07 Å². The van der Waals surface area contributed by atoms with Crippen LogP contribution in [0.3, 0.4) is 0 Å². The first-order valence-corrected chi connectivity index (χ1v) is 26.0. The van der Waals surface area contributed by atoms with E-state index in [9.17, 15) is 0 Å². The first-order chi connectivity index (χ1) is 33.0. The second-order valence-corrected chi connectivity index (χ2v) is 23.0. The summed E-state index contributed by atoms with van der Waals surface area (Å²) < 4.78 is 2.61. The van der Waals surface area contributed by atoms with Gasteiger partial charge in [-0.2, -0.15) is 0 Å². The molecule has 0 fully saturated rings. The average molecular weight is 893 g/mol. The highest BCUT2D eigenvalue weighted by molar-refractivity contribution is 7.25. The van der Waals surface area contributed by atoms with Crippen LogP contribution in [0.1, 0.15) is 25.0 Å². The van der Waals surface area contributed by atoms with E-state index in [1.54, 1.807) is 0 Å². The summed E-state index contributed by atoms with van der Waals surface area (Å²) in [6.45, 7) is 4.73. The number of thiophene rings is 1. The molecule has 1 aliphatic carbocycles. The molecule has 4 heteroatoms. The maximum atomic E-state index is 2.48. The molecule has 0 radical (unpaired) electrons. The molecule has 320 valence electrons. The van der Waals surface area contributed by atoms with Crippen molar-refractivity contribution in [2.24, 2.45) is 0 Å². The zero-order valence-electron chi connectivity index (χ0n) is 37.6. The van der Waals surface area contributed by atoms with Crippen molar-refractivity contribution in [3.05, 3.63) is 266 Å². The van der Waals surface area contributed by atoms with Crippen molar-refractivity contribution in [1.29, 1.82) is 0 Å². The molecule has 0 saturated carbocycles. The molecule has 1 aliphatic rings. The number of hydrogen-bond acceptors (Lipinski definition) is 3. The van der Waals surface area contributed by atoms with Crippen molar-refractivity contribution in [3.63, 3.8) is 0 Å². The number of hydrogen-bond donors (Lipinski definition) is 0. The lowest BCUT2D eigenvalue weighted by Crippen LogP contribution is -2.74. The van der Waals surface area contributed by atoms with Crippen molar-refractivity contribution >= 4 is 94.5 Å². The molecule has 0 amide bonds. The standard InChI is InChI=1S/C63H48N2SSi/c1-63(2)59-32-17-15-30-55(59)56-40-36-50(44-60(56)63)65(46-22-9-4-10-23-46)48-24-19-29-54(42-48)67(51-25-11-5-12-26-51,52-27-13-6-14-28-52)53-38-34-47(35-39-53)64(45-20-7-3-8-21-45)49-37-41-62-58(43-49)57-31-16-18-33-61(57)66-62/h3-44H,1-2H3. The molecule has 0 bridgehead atoms. The van der Waals surface area contributed by atoms with E-state index in [1.165, 1.54) is 63.2 Å². The molecule has 1 heterocycles. The minimum Gasteiger partial charge on any atom is -0.310 e. The van der Waals surface area contributed by atoms with Gasteiger partial charge < -0.3 is 9.80 Å². The van der Waals surface area contributed by atoms with Gasteiger partial charge in [0, 0.05) is 59.7 Å². The van der Waals surface area contributed by atoms with Crippen molar-refractivity contribution in [2.45, 2.75) is 19.3 Å². The SMILES string of the molecule is CC1(C)c2ccccc2-c2ccc(N(c3ccccc3)c3cccc([Si](c4ccccc4)(c4ccccc4)c4ccc(N(c5ccccc5)c5ccc6sc7ccccc7c6c5)cc4)c3)cc21. The van der Waals surface area contributed by atoms with E-state index < -0.39 is 8.07 Å². The van der Waals surface area contributed by atoms with Crippen LogP contribution in [0.4, 0.5) is 34.1 Å². The summed E-state index contributed by atoms with van der Waals surface area (Å²) >= 11 is 1.86. The predicted octanol–water partition coefficient (Wildman–Crippen LogP) is 14.7. The first kappa shape index (κ1) is 40.7. The van der Waals surface area contributed by atoms with Crippen molar-refractivity contribution < 1.29 is 0 Å². The minimum absolute atomic E-state index is 0.123. The first-order valence-electron chi connectivity index (χ1n) is 23.2. The van der Waals surface area contributed by atoms with Gasteiger partial charge in [0.05, 0.1) is 0 Å². The van der Waals surface area contributed by atoms with Crippen LogP contribution in [-0.2, 0) is 5.41 Å². The summed E-state index contributed by atoms with van der Waals surface area (Å²) in [5, 5.41) is 7.90. The third-order valence-corrected chi connectivity index (χ3v) is 19.9. The van der Waals surface area contributed by atoms with Gasteiger partial charge in [-0.15, -0.1) is 11.3 Å². The summed E-state index contributed by atoms with van der Waals surface area (Å²) in [7, 11) is -2.98. The highest BCUT2D eigenvalue weighted by atomic mass is 32.1. The number of para-hydroxylation sites is 2. The molecule has 0 unspecified atom stereocenters.